The molecule has 2 rings (SSSR count). The molecule has 22 heavy (non-hydrogen) atoms. The minimum atomic E-state index is -3.14. The van der Waals surface area contributed by atoms with Gasteiger partial charge in [-0.15, -0.1) is 0 Å². The predicted octanol–water partition coefficient (Wildman–Crippen LogP) is 0.697. The van der Waals surface area contributed by atoms with Crippen molar-refractivity contribution < 1.29 is 13.2 Å². The Morgan fingerprint density at radius 3 is 2.77 bits per heavy atom. The van der Waals surface area contributed by atoms with Gasteiger partial charge in [0.1, 0.15) is 0 Å². The summed E-state index contributed by atoms with van der Waals surface area (Å²) in [4.78, 5) is 14.5. The Kier molecular flexibility index (Phi) is 6.65. The summed E-state index contributed by atoms with van der Waals surface area (Å²) in [6, 6.07) is 0.192. The summed E-state index contributed by atoms with van der Waals surface area (Å²) >= 11 is 0. The average Bonchev–Trinajstić information content (AvgIpc) is 2.97. The molecule has 7 heteroatoms. The largest absolute Gasteiger partial charge is 0.340 e. The minimum absolute atomic E-state index is 0.192. The zero-order chi connectivity index (χ0) is 16.0. The van der Waals surface area contributed by atoms with Gasteiger partial charge in [-0.05, 0) is 57.5 Å². The van der Waals surface area contributed by atoms with Gasteiger partial charge in [-0.2, -0.15) is 0 Å². The lowest BCUT2D eigenvalue weighted by molar-refractivity contribution is -0.135. The summed E-state index contributed by atoms with van der Waals surface area (Å²) < 4.78 is 24.8. The molecule has 128 valence electrons. The number of carbonyl (C=O) groups is 1. The number of rotatable bonds is 7. The van der Waals surface area contributed by atoms with Crippen molar-refractivity contribution in [2.24, 2.45) is 5.92 Å². The summed E-state index contributed by atoms with van der Waals surface area (Å²) in [5.41, 5.74) is 0. The lowest BCUT2D eigenvalue weighted by Crippen LogP contribution is -2.45. The molecule has 0 aliphatic carbocycles. The molecule has 2 fully saturated rings. The fourth-order valence-corrected chi connectivity index (χ4v) is 3.96. The van der Waals surface area contributed by atoms with Gasteiger partial charge >= 0.3 is 0 Å². The number of piperidine rings is 1. The van der Waals surface area contributed by atoms with E-state index >= 15 is 0 Å². The monoisotopic (exact) mass is 331 g/mol. The second-order valence-electron chi connectivity index (χ2n) is 6.59. The van der Waals surface area contributed by atoms with Gasteiger partial charge in [-0.3, -0.25) is 4.79 Å². The van der Waals surface area contributed by atoms with E-state index in [1.807, 2.05) is 4.90 Å². The Hall–Kier alpha value is -0.660. The highest BCUT2D eigenvalue weighted by atomic mass is 32.2. The molecule has 2 heterocycles. The van der Waals surface area contributed by atoms with Crippen molar-refractivity contribution >= 4 is 15.9 Å². The first-order valence-corrected chi connectivity index (χ1v) is 10.3. The van der Waals surface area contributed by atoms with Crippen molar-refractivity contribution in [1.29, 1.82) is 0 Å². The van der Waals surface area contributed by atoms with Crippen LogP contribution in [0.1, 0.15) is 44.9 Å². The third-order valence-electron chi connectivity index (χ3n) is 4.72. The standard InChI is InChI=1S/C15H29N3O3S/c1-22(20,21)17-10-8-14-4-2-3-11-18(14)15(19)6-5-13-7-9-16-12-13/h13-14,16-17H,2-12H2,1H3. The van der Waals surface area contributed by atoms with Crippen molar-refractivity contribution in [2.75, 3.05) is 32.4 Å². The van der Waals surface area contributed by atoms with E-state index in [2.05, 4.69) is 10.0 Å². The number of sulfonamides is 1. The molecule has 0 bridgehead atoms. The number of nitrogens with zero attached hydrogens (tertiary/aromatic N) is 1. The molecular weight excluding hydrogens is 302 g/mol. The van der Waals surface area contributed by atoms with Crippen molar-refractivity contribution in [3.63, 3.8) is 0 Å². The van der Waals surface area contributed by atoms with E-state index in [0.29, 0.717) is 25.3 Å². The van der Waals surface area contributed by atoms with Crippen LogP contribution in [0.25, 0.3) is 0 Å². The number of nitrogens with one attached hydrogen (secondary N) is 2. The van der Waals surface area contributed by atoms with Crippen molar-refractivity contribution in [3.8, 4) is 0 Å². The average molecular weight is 331 g/mol. The maximum Gasteiger partial charge on any atom is 0.222 e. The highest BCUT2D eigenvalue weighted by Gasteiger charge is 2.27. The first-order chi connectivity index (χ1) is 10.5. The fraction of sp³-hybridized carbons (Fsp3) is 0.933. The molecule has 2 aliphatic rings. The van der Waals surface area contributed by atoms with E-state index in [-0.39, 0.29) is 11.9 Å². The van der Waals surface area contributed by atoms with Gasteiger partial charge in [0.2, 0.25) is 15.9 Å². The molecule has 2 atom stereocenters. The quantitative estimate of drug-likeness (QED) is 0.720. The second kappa shape index (κ2) is 8.26. The summed E-state index contributed by atoms with van der Waals surface area (Å²) in [7, 11) is -3.14. The van der Waals surface area contributed by atoms with Crippen LogP contribution in [-0.4, -0.2) is 57.7 Å². The Morgan fingerprint density at radius 1 is 1.27 bits per heavy atom. The van der Waals surface area contributed by atoms with Gasteiger partial charge in [-0.25, -0.2) is 13.1 Å². The van der Waals surface area contributed by atoms with Gasteiger partial charge in [-0.1, -0.05) is 0 Å². The van der Waals surface area contributed by atoms with Crippen LogP contribution in [0.3, 0.4) is 0 Å². The number of hydrogen-bond acceptors (Lipinski definition) is 4. The molecule has 0 saturated carbocycles. The van der Waals surface area contributed by atoms with Crippen LogP contribution >= 0.6 is 0 Å². The molecule has 2 N–H and O–H groups in total. The molecule has 2 aliphatic heterocycles. The molecule has 1 amide bonds. The van der Waals surface area contributed by atoms with Gasteiger partial charge in [0.05, 0.1) is 6.26 Å². The van der Waals surface area contributed by atoms with Crippen LogP contribution in [0.5, 0.6) is 0 Å². The fourth-order valence-electron chi connectivity index (χ4n) is 3.47. The molecule has 0 aromatic rings. The van der Waals surface area contributed by atoms with Gasteiger partial charge in [0.15, 0.2) is 0 Å². The SMILES string of the molecule is CS(=O)(=O)NCCC1CCCCN1C(=O)CCC1CCNC1. The molecule has 2 saturated heterocycles. The van der Waals surface area contributed by atoms with Crippen LogP contribution < -0.4 is 10.0 Å². The highest BCUT2D eigenvalue weighted by molar-refractivity contribution is 7.88. The van der Waals surface area contributed by atoms with E-state index in [4.69, 9.17) is 0 Å². The van der Waals surface area contributed by atoms with Crippen molar-refractivity contribution in [2.45, 2.75) is 51.0 Å². The summed E-state index contributed by atoms with van der Waals surface area (Å²) in [5.74, 6) is 0.884. The minimum Gasteiger partial charge on any atom is -0.340 e. The molecule has 0 spiro atoms. The van der Waals surface area contributed by atoms with Crippen LogP contribution in [-0.2, 0) is 14.8 Å². The summed E-state index contributed by atoms with van der Waals surface area (Å²) in [6.45, 7) is 3.35. The Bertz CT molecular complexity index is 461. The normalized spacial score (nSPS) is 26.3. The van der Waals surface area contributed by atoms with E-state index < -0.39 is 10.0 Å². The van der Waals surface area contributed by atoms with Crippen LogP contribution in [0.2, 0.25) is 0 Å². The summed E-state index contributed by atoms with van der Waals surface area (Å²) in [5, 5.41) is 3.34. The molecule has 0 aromatic carbocycles. The predicted molar refractivity (Wildman–Crippen MR) is 87.0 cm³/mol. The molecular formula is C15H29N3O3S. The second-order valence-corrected chi connectivity index (χ2v) is 8.42. The van der Waals surface area contributed by atoms with E-state index in [0.717, 1.165) is 45.3 Å². The molecule has 0 radical (unpaired) electrons. The van der Waals surface area contributed by atoms with E-state index in [1.54, 1.807) is 0 Å². The van der Waals surface area contributed by atoms with Crippen LogP contribution in [0.4, 0.5) is 0 Å². The Labute approximate surface area is 134 Å². The number of hydrogen-bond donors (Lipinski definition) is 2. The van der Waals surface area contributed by atoms with Crippen molar-refractivity contribution in [1.82, 2.24) is 14.9 Å². The Morgan fingerprint density at radius 2 is 2.09 bits per heavy atom. The number of likely N-dealkylation sites (tertiary alicyclic amines) is 1. The van der Waals surface area contributed by atoms with Gasteiger partial charge in [0, 0.05) is 25.6 Å². The topological polar surface area (TPSA) is 78.5 Å². The lowest BCUT2D eigenvalue weighted by Gasteiger charge is -2.36. The molecule has 6 nitrogen and oxygen atoms in total. The van der Waals surface area contributed by atoms with Crippen molar-refractivity contribution in [3.05, 3.63) is 0 Å². The van der Waals surface area contributed by atoms with E-state index in [1.165, 1.54) is 12.7 Å². The third-order valence-corrected chi connectivity index (χ3v) is 5.45. The van der Waals surface area contributed by atoms with Gasteiger partial charge < -0.3 is 10.2 Å². The number of carbonyl (C=O) groups excluding carboxylic acids is 1. The third kappa shape index (κ3) is 5.85. The lowest BCUT2D eigenvalue weighted by atomic mass is 9.97. The maximum absolute atomic E-state index is 12.5. The molecule has 0 aromatic heterocycles. The maximum atomic E-state index is 12.5. The Balaban J connectivity index is 1.78. The van der Waals surface area contributed by atoms with Crippen LogP contribution in [0, 0.1) is 5.92 Å². The number of amides is 1. The first kappa shape index (κ1) is 17.7. The smallest absolute Gasteiger partial charge is 0.222 e. The summed E-state index contributed by atoms with van der Waals surface area (Å²) in [6.07, 6.45) is 7.83. The zero-order valence-corrected chi connectivity index (χ0v) is 14.3. The van der Waals surface area contributed by atoms with Crippen LogP contribution in [0.15, 0.2) is 0 Å². The zero-order valence-electron chi connectivity index (χ0n) is 13.5. The molecule has 2 unspecified atom stereocenters. The van der Waals surface area contributed by atoms with Gasteiger partial charge in [0.25, 0.3) is 0 Å². The highest BCUT2D eigenvalue weighted by Crippen LogP contribution is 2.22. The van der Waals surface area contributed by atoms with E-state index in [9.17, 15) is 13.2 Å². The first-order valence-electron chi connectivity index (χ1n) is 8.40.